The molecular weight excluding hydrogens is 358 g/mol. The highest BCUT2D eigenvalue weighted by molar-refractivity contribution is 7.71. The SMILES string of the molecule is CCc1cc(CC)cc(-c2cn(C)cc(-c3ccc(CC)cc3CC)c2=S)c1. The van der Waals surface area contributed by atoms with Gasteiger partial charge >= 0.3 is 0 Å². The van der Waals surface area contributed by atoms with Gasteiger partial charge in [-0.3, -0.25) is 0 Å². The zero-order valence-electron chi connectivity index (χ0n) is 17.8. The van der Waals surface area contributed by atoms with Crippen molar-refractivity contribution in [2.24, 2.45) is 7.05 Å². The zero-order valence-corrected chi connectivity index (χ0v) is 18.6. The van der Waals surface area contributed by atoms with Crippen LogP contribution in [0.25, 0.3) is 22.3 Å². The second kappa shape index (κ2) is 8.87. The van der Waals surface area contributed by atoms with E-state index in [9.17, 15) is 0 Å². The van der Waals surface area contributed by atoms with Gasteiger partial charge in [0.05, 0.1) is 4.51 Å². The van der Waals surface area contributed by atoms with Crippen LogP contribution in [0.15, 0.2) is 48.8 Å². The molecule has 0 saturated carbocycles. The van der Waals surface area contributed by atoms with Crippen LogP contribution in [0, 0.1) is 4.51 Å². The molecule has 0 bridgehead atoms. The summed E-state index contributed by atoms with van der Waals surface area (Å²) in [6.07, 6.45) is 8.50. The standard InChI is InChI=1S/C26H31NS/c1-6-18-10-11-23(21(9-4)13-18)25-17-27(5)16-24(26(25)28)22-14-19(7-2)12-20(8-3)15-22/h10-17H,6-9H2,1-5H3. The van der Waals surface area contributed by atoms with E-state index in [1.807, 2.05) is 0 Å². The lowest BCUT2D eigenvalue weighted by molar-refractivity contribution is 0.906. The summed E-state index contributed by atoms with van der Waals surface area (Å²) in [5.74, 6) is 0. The minimum Gasteiger partial charge on any atom is -0.356 e. The summed E-state index contributed by atoms with van der Waals surface area (Å²) in [6, 6.07) is 13.7. The molecule has 0 aliphatic carbocycles. The van der Waals surface area contributed by atoms with Crippen LogP contribution >= 0.6 is 12.2 Å². The van der Waals surface area contributed by atoms with E-state index in [1.165, 1.54) is 33.4 Å². The molecular formula is C26H31NS. The maximum atomic E-state index is 6.03. The molecule has 1 nitrogen and oxygen atoms in total. The summed E-state index contributed by atoms with van der Waals surface area (Å²) in [5.41, 5.74) is 10.3. The molecule has 1 heterocycles. The second-order valence-corrected chi connectivity index (χ2v) is 7.93. The summed E-state index contributed by atoms with van der Waals surface area (Å²) in [4.78, 5) is 0. The van der Waals surface area contributed by atoms with Gasteiger partial charge in [0.1, 0.15) is 0 Å². The maximum absolute atomic E-state index is 6.03. The number of pyridine rings is 1. The van der Waals surface area contributed by atoms with Crippen molar-refractivity contribution >= 4 is 12.2 Å². The predicted molar refractivity (Wildman–Crippen MR) is 125 cm³/mol. The van der Waals surface area contributed by atoms with Crippen molar-refractivity contribution in [2.75, 3.05) is 0 Å². The van der Waals surface area contributed by atoms with Crippen LogP contribution in [-0.2, 0) is 32.7 Å². The Morgan fingerprint density at radius 1 is 0.679 bits per heavy atom. The number of hydrogen-bond acceptors (Lipinski definition) is 1. The summed E-state index contributed by atoms with van der Waals surface area (Å²) in [5, 5.41) is 0. The molecule has 28 heavy (non-hydrogen) atoms. The quantitative estimate of drug-likeness (QED) is 0.399. The molecule has 0 N–H and O–H groups in total. The molecule has 3 aromatic rings. The Kier molecular flexibility index (Phi) is 6.51. The van der Waals surface area contributed by atoms with Crippen LogP contribution in [0.3, 0.4) is 0 Å². The minimum atomic E-state index is 0.951. The van der Waals surface area contributed by atoms with Gasteiger partial charge in [0.2, 0.25) is 0 Å². The molecule has 0 spiro atoms. The van der Waals surface area contributed by atoms with Crippen LogP contribution in [0.4, 0.5) is 0 Å². The smallest absolute Gasteiger partial charge is 0.0563 e. The van der Waals surface area contributed by atoms with Crippen LogP contribution in [-0.4, -0.2) is 4.57 Å². The number of nitrogens with zero attached hydrogens (tertiary/aromatic N) is 1. The van der Waals surface area contributed by atoms with Crippen molar-refractivity contribution in [3.63, 3.8) is 0 Å². The Balaban J connectivity index is 2.24. The molecule has 0 aliphatic heterocycles. The van der Waals surface area contributed by atoms with Crippen molar-refractivity contribution in [1.29, 1.82) is 0 Å². The Bertz CT molecular complexity index is 1020. The second-order valence-electron chi connectivity index (χ2n) is 7.52. The summed E-state index contributed by atoms with van der Waals surface area (Å²) >= 11 is 6.03. The van der Waals surface area contributed by atoms with Crippen LogP contribution in [0.2, 0.25) is 0 Å². The van der Waals surface area contributed by atoms with Gasteiger partial charge in [0, 0.05) is 30.6 Å². The van der Waals surface area contributed by atoms with E-state index in [0.717, 1.165) is 41.3 Å². The van der Waals surface area contributed by atoms with Crippen molar-refractivity contribution in [1.82, 2.24) is 4.57 Å². The first-order chi connectivity index (χ1) is 13.5. The molecule has 2 aromatic carbocycles. The Labute approximate surface area is 175 Å². The fourth-order valence-electron chi connectivity index (χ4n) is 3.85. The van der Waals surface area contributed by atoms with Crippen molar-refractivity contribution in [3.8, 4) is 22.3 Å². The molecule has 146 valence electrons. The van der Waals surface area contributed by atoms with Gasteiger partial charge in [-0.1, -0.05) is 76.3 Å². The normalized spacial score (nSPS) is 11.0. The van der Waals surface area contributed by atoms with Crippen molar-refractivity contribution < 1.29 is 0 Å². The largest absolute Gasteiger partial charge is 0.356 e. The molecule has 0 aliphatic rings. The van der Waals surface area contributed by atoms with E-state index in [4.69, 9.17) is 12.2 Å². The van der Waals surface area contributed by atoms with Crippen molar-refractivity contribution in [3.05, 3.63) is 75.6 Å². The van der Waals surface area contributed by atoms with Gasteiger partial charge in [-0.05, 0) is 59.1 Å². The third kappa shape index (κ3) is 4.12. The topological polar surface area (TPSA) is 4.93 Å². The van der Waals surface area contributed by atoms with Gasteiger partial charge < -0.3 is 4.57 Å². The van der Waals surface area contributed by atoms with E-state index >= 15 is 0 Å². The Hall–Kier alpha value is -2.19. The molecule has 2 heteroatoms. The molecule has 0 saturated heterocycles. The third-order valence-corrected chi connectivity index (χ3v) is 6.02. The van der Waals surface area contributed by atoms with Gasteiger partial charge in [-0.25, -0.2) is 0 Å². The van der Waals surface area contributed by atoms with Gasteiger partial charge in [-0.15, -0.1) is 0 Å². The summed E-state index contributed by atoms with van der Waals surface area (Å²) in [6.45, 7) is 8.86. The number of aryl methyl sites for hydroxylation is 5. The summed E-state index contributed by atoms with van der Waals surface area (Å²) < 4.78 is 3.10. The van der Waals surface area contributed by atoms with E-state index in [-0.39, 0.29) is 0 Å². The lowest BCUT2D eigenvalue weighted by Gasteiger charge is -2.15. The first-order valence-corrected chi connectivity index (χ1v) is 10.9. The van der Waals surface area contributed by atoms with E-state index in [0.29, 0.717) is 0 Å². The van der Waals surface area contributed by atoms with Crippen LogP contribution in [0.5, 0.6) is 0 Å². The number of hydrogen-bond donors (Lipinski definition) is 0. The van der Waals surface area contributed by atoms with E-state index in [2.05, 4.69) is 88.1 Å². The lowest BCUT2D eigenvalue weighted by atomic mass is 9.93. The highest BCUT2D eigenvalue weighted by Gasteiger charge is 2.12. The first kappa shape index (κ1) is 20.5. The molecule has 0 unspecified atom stereocenters. The van der Waals surface area contributed by atoms with Gasteiger partial charge in [-0.2, -0.15) is 0 Å². The molecule has 0 amide bonds. The van der Waals surface area contributed by atoms with Crippen LogP contribution < -0.4 is 0 Å². The van der Waals surface area contributed by atoms with Crippen molar-refractivity contribution in [2.45, 2.75) is 53.4 Å². The monoisotopic (exact) mass is 389 g/mol. The minimum absolute atomic E-state index is 0.951. The fraction of sp³-hybridized carbons (Fsp3) is 0.346. The average molecular weight is 390 g/mol. The van der Waals surface area contributed by atoms with E-state index in [1.54, 1.807) is 0 Å². The van der Waals surface area contributed by atoms with Crippen LogP contribution in [0.1, 0.15) is 49.9 Å². The highest BCUT2D eigenvalue weighted by Crippen LogP contribution is 2.32. The highest BCUT2D eigenvalue weighted by atomic mass is 32.1. The van der Waals surface area contributed by atoms with Gasteiger partial charge in [0.25, 0.3) is 0 Å². The Morgan fingerprint density at radius 3 is 1.86 bits per heavy atom. The fourth-order valence-corrected chi connectivity index (χ4v) is 4.19. The lowest BCUT2D eigenvalue weighted by Crippen LogP contribution is -1.99. The molecule has 0 atom stereocenters. The predicted octanol–water partition coefficient (Wildman–Crippen LogP) is 7.34. The number of aromatic nitrogens is 1. The number of benzene rings is 2. The Morgan fingerprint density at radius 2 is 1.29 bits per heavy atom. The molecule has 3 rings (SSSR count). The van der Waals surface area contributed by atoms with Gasteiger partial charge in [0.15, 0.2) is 0 Å². The maximum Gasteiger partial charge on any atom is 0.0563 e. The van der Waals surface area contributed by atoms with E-state index < -0.39 is 0 Å². The average Bonchev–Trinajstić information content (AvgIpc) is 2.74. The molecule has 1 aromatic heterocycles. The molecule has 0 fully saturated rings. The molecule has 0 radical (unpaired) electrons. The summed E-state index contributed by atoms with van der Waals surface area (Å²) in [7, 11) is 2.10. The number of rotatable bonds is 6. The zero-order chi connectivity index (χ0) is 20.3. The third-order valence-electron chi connectivity index (χ3n) is 5.58. The first-order valence-electron chi connectivity index (χ1n) is 10.5.